The summed E-state index contributed by atoms with van der Waals surface area (Å²) >= 11 is 3.32. The molecule has 0 saturated carbocycles. The first-order valence-electron chi connectivity index (χ1n) is 9.82. The van der Waals surface area contributed by atoms with E-state index in [0.717, 1.165) is 6.08 Å². The van der Waals surface area contributed by atoms with E-state index in [2.05, 4.69) is 15.9 Å². The van der Waals surface area contributed by atoms with Crippen molar-refractivity contribution >= 4 is 33.9 Å². The highest BCUT2D eigenvalue weighted by Crippen LogP contribution is 2.36. The number of amides is 1. The fraction of sp³-hybridized carbons (Fsp3) is 0.0833. The van der Waals surface area contributed by atoms with E-state index in [1.165, 1.54) is 24.3 Å². The Bertz CT molecular complexity index is 1290. The Kier molecular flexibility index (Phi) is 7.77. The molecule has 2 N–H and O–H groups in total. The van der Waals surface area contributed by atoms with Crippen LogP contribution in [0, 0.1) is 0 Å². The molecule has 188 valence electrons. The number of benzene rings is 3. The third-order valence-corrected chi connectivity index (χ3v) is 5.24. The van der Waals surface area contributed by atoms with Crippen molar-refractivity contribution in [1.29, 1.82) is 0 Å². The maximum Gasteiger partial charge on any atom is 0.416 e. The number of hydrogen-bond donors (Lipinski definition) is 2. The molecule has 5 nitrogen and oxygen atoms in total. The number of aliphatic carboxylic acids is 1. The van der Waals surface area contributed by atoms with Crippen LogP contribution in [0.15, 0.2) is 76.9 Å². The Morgan fingerprint density at radius 1 is 0.861 bits per heavy atom. The van der Waals surface area contributed by atoms with Crippen LogP contribution in [0.4, 0.5) is 26.3 Å². The van der Waals surface area contributed by atoms with E-state index < -0.39 is 46.6 Å². The fourth-order valence-electron chi connectivity index (χ4n) is 2.89. The van der Waals surface area contributed by atoms with Crippen molar-refractivity contribution in [2.75, 3.05) is 0 Å². The van der Waals surface area contributed by atoms with Gasteiger partial charge in [-0.2, -0.15) is 26.3 Å². The number of carbonyl (C=O) groups is 2. The molecule has 0 radical (unpaired) electrons. The van der Waals surface area contributed by atoms with Gasteiger partial charge in [0, 0.05) is 5.56 Å². The zero-order valence-electron chi connectivity index (χ0n) is 17.7. The third kappa shape index (κ3) is 6.87. The number of nitrogens with one attached hydrogen (secondary N) is 1. The van der Waals surface area contributed by atoms with Gasteiger partial charge in [0.15, 0.2) is 0 Å². The molecule has 3 rings (SSSR count). The van der Waals surface area contributed by atoms with Gasteiger partial charge >= 0.3 is 18.3 Å². The lowest BCUT2D eigenvalue weighted by molar-refractivity contribution is -0.143. The van der Waals surface area contributed by atoms with E-state index in [9.17, 15) is 41.0 Å². The van der Waals surface area contributed by atoms with Crippen LogP contribution in [0.5, 0.6) is 11.5 Å². The number of rotatable bonds is 6. The number of halogens is 7. The predicted molar refractivity (Wildman–Crippen MR) is 120 cm³/mol. The average molecular weight is 574 g/mol. The lowest BCUT2D eigenvalue weighted by Gasteiger charge is -2.14. The summed E-state index contributed by atoms with van der Waals surface area (Å²) in [7, 11) is 0. The molecule has 0 atom stereocenters. The Morgan fingerprint density at radius 3 is 1.92 bits per heavy atom. The largest absolute Gasteiger partial charge is 0.477 e. The highest BCUT2D eigenvalue weighted by atomic mass is 79.9. The molecule has 3 aromatic rings. The first kappa shape index (κ1) is 26.8. The first-order valence-corrected chi connectivity index (χ1v) is 10.6. The molecule has 1 amide bonds. The summed E-state index contributed by atoms with van der Waals surface area (Å²) in [5.41, 5.74) is -4.94. The number of ether oxygens (including phenoxy) is 1. The van der Waals surface area contributed by atoms with E-state index >= 15 is 0 Å². The zero-order chi connectivity index (χ0) is 26.7. The Labute approximate surface area is 208 Å². The van der Waals surface area contributed by atoms with Crippen molar-refractivity contribution in [2.24, 2.45) is 0 Å². The minimum Gasteiger partial charge on any atom is -0.477 e. The summed E-state index contributed by atoms with van der Waals surface area (Å²) < 4.78 is 84.7. The molecule has 0 heterocycles. The summed E-state index contributed by atoms with van der Waals surface area (Å²) in [6.45, 7) is 0. The third-order valence-electron chi connectivity index (χ3n) is 4.58. The Morgan fingerprint density at radius 2 is 1.42 bits per heavy atom. The molecule has 12 heteroatoms. The van der Waals surface area contributed by atoms with Gasteiger partial charge in [-0.25, -0.2) is 4.79 Å². The van der Waals surface area contributed by atoms with Gasteiger partial charge in [-0.3, -0.25) is 4.79 Å². The second-order valence-corrected chi connectivity index (χ2v) is 8.07. The number of carbonyl (C=O) groups excluding carboxylic acids is 1. The van der Waals surface area contributed by atoms with E-state index in [-0.39, 0.29) is 23.8 Å². The second kappa shape index (κ2) is 10.4. The van der Waals surface area contributed by atoms with Crippen molar-refractivity contribution in [3.63, 3.8) is 0 Å². The molecule has 0 fully saturated rings. The first-order chi connectivity index (χ1) is 16.7. The smallest absolute Gasteiger partial charge is 0.416 e. The molecule has 0 unspecified atom stereocenters. The maximum atomic E-state index is 13.1. The van der Waals surface area contributed by atoms with Crippen LogP contribution in [0.25, 0.3) is 6.08 Å². The van der Waals surface area contributed by atoms with E-state index in [1.54, 1.807) is 24.3 Å². The van der Waals surface area contributed by atoms with Gasteiger partial charge in [0.2, 0.25) is 0 Å². The number of carboxylic acids is 1. The summed E-state index contributed by atoms with van der Waals surface area (Å²) in [6.07, 6.45) is -9.34. The van der Waals surface area contributed by atoms with E-state index in [0.29, 0.717) is 16.0 Å². The summed E-state index contributed by atoms with van der Waals surface area (Å²) in [6, 6.07) is 13.1. The molecule has 0 aliphatic heterocycles. The van der Waals surface area contributed by atoms with Crippen molar-refractivity contribution in [3.8, 4) is 11.5 Å². The average Bonchev–Trinajstić information content (AvgIpc) is 2.79. The molecule has 3 aromatic carbocycles. The second-order valence-electron chi connectivity index (χ2n) is 7.21. The number of hydrogen-bond acceptors (Lipinski definition) is 3. The van der Waals surface area contributed by atoms with Crippen molar-refractivity contribution in [2.45, 2.75) is 12.4 Å². The quantitative estimate of drug-likeness (QED) is 0.243. The van der Waals surface area contributed by atoms with E-state index in [4.69, 9.17) is 4.74 Å². The SMILES string of the molecule is O=C(O)C(=Cc1ccc(Oc2ccccc2Br)cc1)NC(=O)c1cc(C(F)(F)F)cc(C(F)(F)F)c1. The number of carboxylic acid groups (broad SMARTS) is 1. The van der Waals surface area contributed by atoms with Gasteiger partial charge in [0.05, 0.1) is 15.6 Å². The molecule has 0 spiro atoms. The normalized spacial score (nSPS) is 12.2. The molecule has 0 aromatic heterocycles. The van der Waals surface area contributed by atoms with Crippen molar-refractivity contribution < 1.29 is 45.8 Å². The van der Waals surface area contributed by atoms with Gasteiger partial charge in [-0.1, -0.05) is 24.3 Å². The maximum absolute atomic E-state index is 13.1. The van der Waals surface area contributed by atoms with Gasteiger partial charge in [0.1, 0.15) is 17.2 Å². The van der Waals surface area contributed by atoms with Crippen LogP contribution in [0.2, 0.25) is 0 Å². The van der Waals surface area contributed by atoms with Crippen LogP contribution >= 0.6 is 15.9 Å². The Hall–Kier alpha value is -3.80. The lowest BCUT2D eigenvalue weighted by atomic mass is 10.0. The molecule has 0 aliphatic rings. The molecule has 36 heavy (non-hydrogen) atoms. The van der Waals surface area contributed by atoms with Crippen LogP contribution in [-0.2, 0) is 17.1 Å². The van der Waals surface area contributed by atoms with Gasteiger partial charge in [0.25, 0.3) is 5.91 Å². The minimum atomic E-state index is -5.17. The highest BCUT2D eigenvalue weighted by molar-refractivity contribution is 9.10. The Balaban J connectivity index is 1.86. The minimum absolute atomic E-state index is 0.137. The molecule has 0 saturated heterocycles. The molecule has 0 bridgehead atoms. The van der Waals surface area contributed by atoms with Gasteiger partial charge in [-0.05, 0) is 70.0 Å². The monoisotopic (exact) mass is 573 g/mol. The van der Waals surface area contributed by atoms with Gasteiger partial charge < -0.3 is 15.2 Å². The number of alkyl halides is 6. The zero-order valence-corrected chi connectivity index (χ0v) is 19.3. The van der Waals surface area contributed by atoms with Gasteiger partial charge in [-0.15, -0.1) is 0 Å². The molecule has 0 aliphatic carbocycles. The topological polar surface area (TPSA) is 75.6 Å². The predicted octanol–water partition coefficient (Wildman–Crippen LogP) is 7.13. The summed E-state index contributed by atoms with van der Waals surface area (Å²) in [5.74, 6) is -2.23. The molecular weight excluding hydrogens is 560 g/mol. The van der Waals surface area contributed by atoms with Crippen molar-refractivity contribution in [3.05, 3.63) is 99.2 Å². The number of para-hydroxylation sites is 1. The standard InChI is InChI=1S/C24H14BrF6NO4/c25-18-3-1-2-4-20(18)36-17-7-5-13(6-8-17)9-19(22(34)35)32-21(33)14-10-15(23(26,27)28)12-16(11-14)24(29,30)31/h1-12H,(H,32,33)(H,34,35). The fourth-order valence-corrected chi connectivity index (χ4v) is 3.25. The van der Waals surface area contributed by atoms with Crippen LogP contribution in [-0.4, -0.2) is 17.0 Å². The highest BCUT2D eigenvalue weighted by Gasteiger charge is 2.37. The van der Waals surface area contributed by atoms with Crippen LogP contribution < -0.4 is 10.1 Å². The molecular formula is C24H14BrF6NO4. The summed E-state index contributed by atoms with van der Waals surface area (Å²) in [5, 5.41) is 11.3. The lowest BCUT2D eigenvalue weighted by Crippen LogP contribution is -2.28. The van der Waals surface area contributed by atoms with E-state index in [1.807, 2.05) is 5.32 Å². The summed E-state index contributed by atoms with van der Waals surface area (Å²) in [4.78, 5) is 24.0. The van der Waals surface area contributed by atoms with Crippen LogP contribution in [0.1, 0.15) is 27.0 Å². The van der Waals surface area contributed by atoms with Crippen molar-refractivity contribution in [1.82, 2.24) is 5.32 Å². The van der Waals surface area contributed by atoms with Crippen LogP contribution in [0.3, 0.4) is 0 Å².